The van der Waals surface area contributed by atoms with Gasteiger partial charge in [0.15, 0.2) is 0 Å². The molecule has 1 aromatic rings. The molecule has 8 heteroatoms. The Hall–Kier alpha value is -2.58. The third-order valence-corrected chi connectivity index (χ3v) is 4.13. The van der Waals surface area contributed by atoms with Gasteiger partial charge in [0.05, 0.1) is 31.2 Å². The van der Waals surface area contributed by atoms with Crippen LogP contribution in [0.5, 0.6) is 5.75 Å². The Morgan fingerprint density at radius 3 is 2.74 bits per heavy atom. The molecule has 8 nitrogen and oxygen atoms in total. The van der Waals surface area contributed by atoms with E-state index in [9.17, 15) is 0 Å². The summed E-state index contributed by atoms with van der Waals surface area (Å²) in [5.41, 5.74) is 13.6. The third-order valence-electron chi connectivity index (χ3n) is 4.13. The number of hydrogen-bond donors (Lipinski definition) is 3. The van der Waals surface area contributed by atoms with Gasteiger partial charge in [-0.2, -0.15) is 0 Å². The van der Waals surface area contributed by atoms with E-state index in [1.165, 1.54) is 0 Å². The Labute approximate surface area is 160 Å². The molecule has 1 aliphatic rings. The van der Waals surface area contributed by atoms with Crippen LogP contribution in [-0.4, -0.2) is 69.6 Å². The molecule has 0 amide bonds. The number of benzene rings is 1. The molecule has 148 valence electrons. The number of nitrogens with zero attached hydrogens (tertiary/aromatic N) is 2. The van der Waals surface area contributed by atoms with E-state index in [-0.39, 0.29) is 5.71 Å². The molecule has 0 unspecified atom stereocenters. The minimum Gasteiger partial charge on any atom is -0.491 e. The predicted molar refractivity (Wildman–Crippen MR) is 108 cm³/mol. The van der Waals surface area contributed by atoms with Crippen molar-refractivity contribution in [2.45, 2.75) is 6.92 Å². The summed E-state index contributed by atoms with van der Waals surface area (Å²) in [5, 5.41) is 8.45. The lowest BCUT2D eigenvalue weighted by molar-refractivity contribution is 0.0684. The standard InChI is InChI=1S/C19H29N5O3/c1-3-25-10-11-27-14-4-5-16(20)15(12-14)19(22)17(21)13-18(23-2)24-6-8-26-9-7-24/h4-5,12-13,22H,3,6-11,20-21H2,1-2H3. The van der Waals surface area contributed by atoms with Gasteiger partial charge in [0.2, 0.25) is 0 Å². The molecule has 0 aliphatic carbocycles. The Bertz CT molecular complexity index is 697. The van der Waals surface area contributed by atoms with Crippen molar-refractivity contribution < 1.29 is 14.2 Å². The van der Waals surface area contributed by atoms with Gasteiger partial charge in [0, 0.05) is 44.1 Å². The van der Waals surface area contributed by atoms with Gasteiger partial charge < -0.3 is 30.6 Å². The fraction of sp³-hybridized carbons (Fsp3) is 0.474. The average molecular weight is 375 g/mol. The summed E-state index contributed by atoms with van der Waals surface area (Å²) < 4.78 is 16.3. The van der Waals surface area contributed by atoms with Gasteiger partial charge in [-0.25, -0.2) is 0 Å². The molecule has 2 rings (SSSR count). The Balaban J connectivity index is 2.12. The van der Waals surface area contributed by atoms with Crippen LogP contribution in [0.1, 0.15) is 12.5 Å². The summed E-state index contributed by atoms with van der Waals surface area (Å²) >= 11 is 0. The predicted octanol–water partition coefficient (Wildman–Crippen LogP) is 1.26. The van der Waals surface area contributed by atoms with E-state index in [4.69, 9.17) is 31.1 Å². The van der Waals surface area contributed by atoms with Crippen LogP contribution >= 0.6 is 0 Å². The van der Waals surface area contributed by atoms with E-state index in [2.05, 4.69) is 9.89 Å². The quantitative estimate of drug-likeness (QED) is 0.272. The highest BCUT2D eigenvalue weighted by atomic mass is 16.5. The van der Waals surface area contributed by atoms with Gasteiger partial charge in [-0.15, -0.1) is 0 Å². The minimum absolute atomic E-state index is 0.136. The van der Waals surface area contributed by atoms with Crippen molar-refractivity contribution in [2.75, 3.05) is 58.9 Å². The lowest BCUT2D eigenvalue weighted by Gasteiger charge is -2.28. The van der Waals surface area contributed by atoms with Crippen molar-refractivity contribution in [3.05, 3.63) is 35.5 Å². The van der Waals surface area contributed by atoms with Crippen LogP contribution in [0.2, 0.25) is 0 Å². The number of allylic oxidation sites excluding steroid dienone is 1. The van der Waals surface area contributed by atoms with Crippen molar-refractivity contribution in [1.82, 2.24) is 4.90 Å². The molecular formula is C19H29N5O3. The van der Waals surface area contributed by atoms with Gasteiger partial charge in [0.1, 0.15) is 18.2 Å². The lowest BCUT2D eigenvalue weighted by atomic mass is 10.0. The molecule has 1 aliphatic heterocycles. The summed E-state index contributed by atoms with van der Waals surface area (Å²) in [7, 11) is 1.71. The maximum Gasteiger partial charge on any atom is 0.125 e. The maximum absolute atomic E-state index is 8.45. The normalized spacial score (nSPS) is 15.7. The van der Waals surface area contributed by atoms with Crippen molar-refractivity contribution in [3.63, 3.8) is 0 Å². The van der Waals surface area contributed by atoms with Crippen molar-refractivity contribution in [1.29, 1.82) is 5.41 Å². The molecule has 0 spiro atoms. The van der Waals surface area contributed by atoms with E-state index in [0.29, 0.717) is 55.7 Å². The molecular weight excluding hydrogens is 346 g/mol. The first-order valence-electron chi connectivity index (χ1n) is 9.02. The van der Waals surface area contributed by atoms with E-state index < -0.39 is 0 Å². The van der Waals surface area contributed by atoms with Crippen LogP contribution < -0.4 is 16.2 Å². The number of amidine groups is 1. The van der Waals surface area contributed by atoms with Crippen molar-refractivity contribution in [2.24, 2.45) is 10.7 Å². The number of hydrogen-bond acceptors (Lipinski definition) is 7. The second-order valence-electron chi connectivity index (χ2n) is 5.95. The Morgan fingerprint density at radius 1 is 1.33 bits per heavy atom. The molecule has 27 heavy (non-hydrogen) atoms. The number of ether oxygens (including phenoxy) is 3. The number of nitrogens with one attached hydrogen (secondary N) is 1. The zero-order chi connectivity index (χ0) is 19.6. The Kier molecular flexibility index (Phi) is 8.09. The van der Waals surface area contributed by atoms with Crippen molar-refractivity contribution >= 4 is 17.2 Å². The number of rotatable bonds is 8. The lowest BCUT2D eigenvalue weighted by Crippen LogP contribution is -2.40. The number of anilines is 1. The van der Waals surface area contributed by atoms with Crippen LogP contribution in [0, 0.1) is 5.41 Å². The molecule has 0 bridgehead atoms. The van der Waals surface area contributed by atoms with Crippen LogP contribution in [0.25, 0.3) is 0 Å². The third kappa shape index (κ3) is 5.97. The molecule has 1 saturated heterocycles. The fourth-order valence-corrected chi connectivity index (χ4v) is 2.66. The molecule has 0 radical (unpaired) electrons. The molecule has 0 atom stereocenters. The van der Waals surface area contributed by atoms with Crippen LogP contribution in [0.3, 0.4) is 0 Å². The van der Waals surface area contributed by atoms with Gasteiger partial charge in [-0.1, -0.05) is 0 Å². The van der Waals surface area contributed by atoms with E-state index >= 15 is 0 Å². The van der Waals surface area contributed by atoms with Crippen LogP contribution in [0.4, 0.5) is 5.69 Å². The van der Waals surface area contributed by atoms with Gasteiger partial charge in [0.25, 0.3) is 0 Å². The van der Waals surface area contributed by atoms with Crippen LogP contribution in [0.15, 0.2) is 35.0 Å². The topological polar surface area (TPSA) is 119 Å². The fourth-order valence-electron chi connectivity index (χ4n) is 2.66. The number of nitrogens with two attached hydrogens (primary N) is 2. The monoisotopic (exact) mass is 375 g/mol. The number of nitrogen functional groups attached to an aromatic ring is 1. The van der Waals surface area contributed by atoms with Crippen LogP contribution in [-0.2, 0) is 9.47 Å². The number of morpholine rings is 1. The molecule has 1 heterocycles. The van der Waals surface area contributed by atoms with Crippen molar-refractivity contribution in [3.8, 4) is 5.75 Å². The zero-order valence-corrected chi connectivity index (χ0v) is 16.0. The van der Waals surface area contributed by atoms with E-state index in [1.807, 2.05) is 6.92 Å². The van der Waals surface area contributed by atoms with E-state index in [1.54, 1.807) is 31.3 Å². The first-order chi connectivity index (χ1) is 13.1. The molecule has 5 N–H and O–H groups in total. The highest BCUT2D eigenvalue weighted by Gasteiger charge is 2.16. The second kappa shape index (κ2) is 10.5. The molecule has 0 aromatic heterocycles. The first kappa shape index (κ1) is 20.7. The highest BCUT2D eigenvalue weighted by Crippen LogP contribution is 2.22. The van der Waals surface area contributed by atoms with Gasteiger partial charge in [-0.3, -0.25) is 10.4 Å². The summed E-state index contributed by atoms with van der Waals surface area (Å²) in [6.45, 7) is 6.31. The highest BCUT2D eigenvalue weighted by molar-refractivity contribution is 6.15. The summed E-state index contributed by atoms with van der Waals surface area (Å²) in [6.07, 6.45) is 1.70. The molecule has 1 aromatic carbocycles. The first-order valence-corrected chi connectivity index (χ1v) is 9.02. The molecule has 0 saturated carbocycles. The summed E-state index contributed by atoms with van der Waals surface area (Å²) in [6, 6.07) is 5.20. The maximum atomic E-state index is 8.45. The number of aliphatic imine (C=N–C) groups is 1. The largest absolute Gasteiger partial charge is 0.491 e. The van der Waals surface area contributed by atoms with Gasteiger partial charge in [-0.05, 0) is 25.1 Å². The van der Waals surface area contributed by atoms with Gasteiger partial charge >= 0.3 is 0 Å². The van der Waals surface area contributed by atoms with E-state index in [0.717, 1.165) is 18.9 Å². The summed E-state index contributed by atoms with van der Waals surface area (Å²) in [4.78, 5) is 6.37. The minimum atomic E-state index is 0.136. The zero-order valence-electron chi connectivity index (χ0n) is 16.0. The Morgan fingerprint density at radius 2 is 2.07 bits per heavy atom. The molecule has 1 fully saturated rings. The SMILES string of the molecule is CCOCCOc1ccc(N)c(C(=N)C(N)=CC(=NC)N2CCOCC2)c1. The average Bonchev–Trinajstić information content (AvgIpc) is 2.70. The summed E-state index contributed by atoms with van der Waals surface area (Å²) in [5.74, 6) is 1.34. The smallest absolute Gasteiger partial charge is 0.125 e. The second-order valence-corrected chi connectivity index (χ2v) is 5.95.